The van der Waals surface area contributed by atoms with Crippen molar-refractivity contribution < 1.29 is 8.98 Å². The van der Waals surface area contributed by atoms with E-state index >= 15 is 0 Å². The Morgan fingerprint density at radius 2 is 1.81 bits per heavy atom. The van der Waals surface area contributed by atoms with Crippen LogP contribution in [0.4, 0.5) is 0 Å². The van der Waals surface area contributed by atoms with Gasteiger partial charge in [0, 0.05) is 22.9 Å². The van der Waals surface area contributed by atoms with Gasteiger partial charge in [-0.15, -0.1) is 0 Å². The fourth-order valence-corrected chi connectivity index (χ4v) is 3.52. The number of benzene rings is 2. The van der Waals surface area contributed by atoms with E-state index in [0.29, 0.717) is 11.5 Å². The van der Waals surface area contributed by atoms with E-state index in [0.717, 1.165) is 33.2 Å². The summed E-state index contributed by atoms with van der Waals surface area (Å²) in [6, 6.07) is 16.5. The summed E-state index contributed by atoms with van der Waals surface area (Å²) in [5.41, 5.74) is 6.98. The molecule has 0 spiro atoms. The van der Waals surface area contributed by atoms with Crippen molar-refractivity contribution >= 4 is 21.9 Å². The summed E-state index contributed by atoms with van der Waals surface area (Å²) < 4.78 is 8.39. The molecule has 0 bridgehead atoms. The Balaban J connectivity index is 2.08. The molecule has 0 atom stereocenters. The minimum Gasteiger partial charge on any atom is -0.455 e. The van der Waals surface area contributed by atoms with Crippen molar-refractivity contribution in [2.24, 2.45) is 7.05 Å². The first-order chi connectivity index (χ1) is 12.5. The van der Waals surface area contributed by atoms with Gasteiger partial charge in [0.05, 0.1) is 17.2 Å². The number of hydrogen-bond donors (Lipinski definition) is 0. The molecule has 26 heavy (non-hydrogen) atoms. The summed E-state index contributed by atoms with van der Waals surface area (Å²) in [5.74, 6) is 0.461. The van der Waals surface area contributed by atoms with Crippen LogP contribution in [-0.4, -0.2) is 0 Å². The number of nitriles is 1. The Hall–Kier alpha value is -3.12. The molecule has 0 amide bonds. The zero-order chi connectivity index (χ0) is 18.4. The highest BCUT2D eigenvalue weighted by Gasteiger charge is 2.21. The Morgan fingerprint density at radius 3 is 2.54 bits per heavy atom. The predicted octanol–water partition coefficient (Wildman–Crippen LogP) is 5.38. The van der Waals surface area contributed by atoms with E-state index in [9.17, 15) is 5.26 Å². The highest BCUT2D eigenvalue weighted by molar-refractivity contribution is 6.09. The maximum absolute atomic E-state index is 9.17. The van der Waals surface area contributed by atoms with Gasteiger partial charge >= 0.3 is 0 Å². The maximum Gasteiger partial charge on any atom is 0.216 e. The lowest BCUT2D eigenvalue weighted by Gasteiger charge is -2.09. The van der Waals surface area contributed by atoms with Gasteiger partial charge in [-0.2, -0.15) is 5.26 Å². The van der Waals surface area contributed by atoms with E-state index in [2.05, 4.69) is 68.9 Å². The number of rotatable bonds is 2. The number of aromatic nitrogens is 1. The van der Waals surface area contributed by atoms with Crippen molar-refractivity contribution in [1.82, 2.24) is 0 Å². The lowest BCUT2D eigenvalue weighted by molar-refractivity contribution is -0.660. The van der Waals surface area contributed by atoms with Crippen molar-refractivity contribution in [1.29, 1.82) is 5.26 Å². The Kier molecular flexibility index (Phi) is 3.77. The third-order valence-electron chi connectivity index (χ3n) is 5.08. The molecule has 0 fully saturated rings. The van der Waals surface area contributed by atoms with Gasteiger partial charge in [-0.05, 0) is 42.2 Å². The molecule has 3 heteroatoms. The van der Waals surface area contributed by atoms with Crippen LogP contribution in [0, 0.1) is 18.3 Å². The van der Waals surface area contributed by atoms with Crippen LogP contribution in [0.2, 0.25) is 0 Å². The number of pyridine rings is 1. The number of aryl methyl sites for hydroxylation is 2. The second-order valence-corrected chi connectivity index (χ2v) is 7.17. The van der Waals surface area contributed by atoms with E-state index in [-0.39, 0.29) is 0 Å². The first kappa shape index (κ1) is 16.4. The topological polar surface area (TPSA) is 40.8 Å². The van der Waals surface area contributed by atoms with Crippen molar-refractivity contribution in [3.8, 4) is 17.3 Å². The van der Waals surface area contributed by atoms with Crippen LogP contribution in [0.3, 0.4) is 0 Å². The van der Waals surface area contributed by atoms with E-state index in [1.54, 1.807) is 0 Å². The Bertz CT molecular complexity index is 1190. The summed E-state index contributed by atoms with van der Waals surface area (Å²) >= 11 is 0. The third kappa shape index (κ3) is 2.46. The van der Waals surface area contributed by atoms with Crippen molar-refractivity contribution in [3.05, 3.63) is 65.4 Å². The van der Waals surface area contributed by atoms with E-state index in [1.807, 2.05) is 18.2 Å². The van der Waals surface area contributed by atoms with Gasteiger partial charge < -0.3 is 4.42 Å². The molecule has 0 N–H and O–H groups in total. The molecule has 0 unspecified atom stereocenters. The van der Waals surface area contributed by atoms with Gasteiger partial charge in [0.25, 0.3) is 0 Å². The third-order valence-corrected chi connectivity index (χ3v) is 5.08. The van der Waals surface area contributed by atoms with Crippen molar-refractivity contribution in [3.63, 3.8) is 0 Å². The van der Waals surface area contributed by atoms with Gasteiger partial charge in [-0.25, -0.2) is 4.57 Å². The lowest BCUT2D eigenvalue weighted by Crippen LogP contribution is -2.31. The lowest BCUT2D eigenvalue weighted by atomic mass is 9.97. The molecule has 4 aromatic rings. The molecule has 2 heterocycles. The molecule has 0 saturated carbocycles. The molecule has 0 aliphatic heterocycles. The molecule has 0 saturated heterocycles. The normalized spacial score (nSPS) is 11.4. The van der Waals surface area contributed by atoms with Crippen LogP contribution < -0.4 is 4.57 Å². The first-order valence-corrected chi connectivity index (χ1v) is 8.85. The second-order valence-electron chi connectivity index (χ2n) is 7.17. The Morgan fingerprint density at radius 1 is 1.04 bits per heavy atom. The number of nitrogens with zero attached hydrogens (tertiary/aromatic N) is 2. The minimum atomic E-state index is 0.461. The second kappa shape index (κ2) is 6.00. The average molecular weight is 341 g/mol. The van der Waals surface area contributed by atoms with E-state index in [4.69, 9.17) is 4.42 Å². The van der Waals surface area contributed by atoms with Gasteiger partial charge in [-0.1, -0.05) is 26.0 Å². The highest BCUT2D eigenvalue weighted by atomic mass is 16.3. The SMILES string of the molecule is Cc1ccc2c(oc3cc(C#N)ccc32)c1-c1cc(C(C)C)cc[n+]1C. The van der Waals surface area contributed by atoms with E-state index < -0.39 is 0 Å². The number of fused-ring (bicyclic) bond motifs is 3. The molecular formula is C23H21N2O+. The summed E-state index contributed by atoms with van der Waals surface area (Å²) in [6.07, 6.45) is 2.11. The standard InChI is InChI=1S/C23H21N2O/c1-14(2)17-9-10-25(4)20(12-17)22-15(3)5-7-19-18-8-6-16(13-24)11-21(18)26-23(19)22/h5-12,14H,1-4H3/q+1. The molecule has 4 rings (SSSR count). The molecule has 0 radical (unpaired) electrons. The summed E-state index contributed by atoms with van der Waals surface area (Å²) in [4.78, 5) is 0. The van der Waals surface area contributed by atoms with E-state index in [1.165, 1.54) is 11.1 Å². The zero-order valence-corrected chi connectivity index (χ0v) is 15.5. The molecule has 128 valence electrons. The van der Waals surface area contributed by atoms with Gasteiger partial charge in [0.1, 0.15) is 18.2 Å². The monoisotopic (exact) mass is 341 g/mol. The molecule has 3 nitrogen and oxygen atoms in total. The zero-order valence-electron chi connectivity index (χ0n) is 15.5. The summed E-state index contributed by atoms with van der Waals surface area (Å²) in [5, 5.41) is 11.3. The minimum absolute atomic E-state index is 0.461. The predicted molar refractivity (Wildman–Crippen MR) is 104 cm³/mol. The van der Waals surface area contributed by atoms with Crippen LogP contribution in [0.15, 0.2) is 53.1 Å². The number of furan rings is 1. The number of hydrogen-bond acceptors (Lipinski definition) is 2. The molecular weight excluding hydrogens is 320 g/mol. The van der Waals surface area contributed by atoms with Gasteiger partial charge in [0.2, 0.25) is 5.69 Å². The molecule has 2 aromatic heterocycles. The first-order valence-electron chi connectivity index (χ1n) is 8.85. The molecule has 2 aromatic carbocycles. The van der Waals surface area contributed by atoms with Crippen LogP contribution >= 0.6 is 0 Å². The Labute approximate surface area is 153 Å². The summed E-state index contributed by atoms with van der Waals surface area (Å²) in [7, 11) is 2.06. The van der Waals surface area contributed by atoms with Crippen LogP contribution in [0.25, 0.3) is 33.2 Å². The van der Waals surface area contributed by atoms with Gasteiger partial charge in [-0.3, -0.25) is 0 Å². The summed E-state index contributed by atoms with van der Waals surface area (Å²) in [6.45, 7) is 6.53. The van der Waals surface area contributed by atoms with Gasteiger partial charge in [0.15, 0.2) is 6.20 Å². The largest absolute Gasteiger partial charge is 0.455 e. The van der Waals surface area contributed by atoms with Crippen LogP contribution in [0.1, 0.15) is 36.5 Å². The fourth-order valence-electron chi connectivity index (χ4n) is 3.52. The van der Waals surface area contributed by atoms with Crippen molar-refractivity contribution in [2.75, 3.05) is 0 Å². The van der Waals surface area contributed by atoms with Crippen LogP contribution in [0.5, 0.6) is 0 Å². The average Bonchev–Trinajstić information content (AvgIpc) is 2.99. The van der Waals surface area contributed by atoms with Crippen molar-refractivity contribution in [2.45, 2.75) is 26.7 Å². The smallest absolute Gasteiger partial charge is 0.216 e. The highest BCUT2D eigenvalue weighted by Crippen LogP contribution is 2.37. The fraction of sp³-hybridized carbons (Fsp3) is 0.217. The molecule has 0 aliphatic carbocycles. The molecule has 0 aliphatic rings. The maximum atomic E-state index is 9.17. The van der Waals surface area contributed by atoms with Crippen LogP contribution in [-0.2, 0) is 7.05 Å². The quantitative estimate of drug-likeness (QED) is 0.459.